The number of aromatic nitrogens is 1. The zero-order valence-electron chi connectivity index (χ0n) is 13.9. The van der Waals surface area contributed by atoms with E-state index in [2.05, 4.69) is 46.2 Å². The third kappa shape index (κ3) is 2.06. The minimum atomic E-state index is -0.156. The van der Waals surface area contributed by atoms with E-state index in [4.69, 9.17) is 16.3 Å². The van der Waals surface area contributed by atoms with Gasteiger partial charge in [0.05, 0.1) is 29.3 Å². The van der Waals surface area contributed by atoms with Crippen LogP contribution in [0.3, 0.4) is 0 Å². The lowest BCUT2D eigenvalue weighted by Gasteiger charge is -2.40. The number of hydrogen-bond acceptors (Lipinski definition) is 3. The zero-order chi connectivity index (χ0) is 16.4. The summed E-state index contributed by atoms with van der Waals surface area (Å²) in [5, 5.41) is 4.56. The smallest absolute Gasteiger partial charge is 0.104 e. The number of nitrogens with zero attached hydrogens (tertiary/aromatic N) is 2. The van der Waals surface area contributed by atoms with Gasteiger partial charge in [-0.25, -0.2) is 0 Å². The number of benzene rings is 1. The molecule has 4 heterocycles. The highest BCUT2D eigenvalue weighted by molar-refractivity contribution is 6.31. The molecule has 2 aromatic rings. The van der Waals surface area contributed by atoms with Crippen molar-refractivity contribution >= 4 is 17.3 Å². The topological polar surface area (TPSA) is 29.4 Å². The van der Waals surface area contributed by atoms with Crippen LogP contribution in [0.1, 0.15) is 25.0 Å². The van der Waals surface area contributed by atoms with Crippen LogP contribution in [0.4, 0.5) is 5.69 Å². The van der Waals surface area contributed by atoms with Gasteiger partial charge >= 0.3 is 0 Å². The van der Waals surface area contributed by atoms with Crippen molar-refractivity contribution in [3.8, 4) is 5.69 Å². The average Bonchev–Trinajstić information content (AvgIpc) is 3.18. The number of ether oxygens (including phenoxy) is 1. The number of piperidine rings is 1. The number of halogens is 1. The molecule has 1 unspecified atom stereocenters. The Bertz CT molecular complexity index is 794. The van der Waals surface area contributed by atoms with E-state index in [0.717, 1.165) is 48.7 Å². The van der Waals surface area contributed by atoms with Gasteiger partial charge < -0.3 is 19.5 Å². The fourth-order valence-corrected chi connectivity index (χ4v) is 4.81. The van der Waals surface area contributed by atoms with Gasteiger partial charge in [-0.05, 0) is 50.2 Å². The highest BCUT2D eigenvalue weighted by atomic mass is 35.5. The molecule has 3 aliphatic rings. The highest BCUT2D eigenvalue weighted by Gasteiger charge is 2.53. The quantitative estimate of drug-likeness (QED) is 0.792. The van der Waals surface area contributed by atoms with Crippen LogP contribution in [0.2, 0.25) is 5.02 Å². The number of anilines is 1. The Morgan fingerprint density at radius 1 is 1.21 bits per heavy atom. The molecule has 5 rings (SSSR count). The summed E-state index contributed by atoms with van der Waals surface area (Å²) in [5.74, 6) is 0. The number of likely N-dealkylation sites (tertiary alicyclic amines) is 1. The Kier molecular flexibility index (Phi) is 3.09. The van der Waals surface area contributed by atoms with Gasteiger partial charge in [0, 0.05) is 30.7 Å². The van der Waals surface area contributed by atoms with Gasteiger partial charge in [-0.1, -0.05) is 11.6 Å². The number of hydrogen-bond donors (Lipinski definition) is 1. The number of rotatable bonds is 0. The van der Waals surface area contributed by atoms with Crippen LogP contribution >= 0.6 is 11.6 Å². The van der Waals surface area contributed by atoms with Gasteiger partial charge in [-0.15, -0.1) is 0 Å². The Labute approximate surface area is 147 Å². The lowest BCUT2D eigenvalue weighted by atomic mass is 9.79. The first-order valence-corrected chi connectivity index (χ1v) is 9.06. The standard InChI is InChI=1S/C19H22ClN3O/c1-22-9-6-18(7-10-22)12-19(13-24-18)17-3-2-8-23(17)16-5-4-14(20)11-15(16)21-19/h2-5,8,11,21H,6-7,9-10,12-13H2,1H3. The van der Waals surface area contributed by atoms with Gasteiger partial charge in [-0.2, -0.15) is 0 Å². The molecule has 0 amide bonds. The van der Waals surface area contributed by atoms with Crippen LogP contribution in [0.5, 0.6) is 0 Å². The van der Waals surface area contributed by atoms with E-state index in [1.807, 2.05) is 12.1 Å². The van der Waals surface area contributed by atoms with Crippen molar-refractivity contribution in [2.75, 3.05) is 32.1 Å². The fraction of sp³-hybridized carbons (Fsp3) is 0.474. The molecule has 1 aromatic carbocycles. The zero-order valence-corrected chi connectivity index (χ0v) is 14.6. The van der Waals surface area contributed by atoms with Crippen LogP contribution < -0.4 is 5.32 Å². The second-order valence-corrected chi connectivity index (χ2v) is 8.02. The van der Waals surface area contributed by atoms with Gasteiger partial charge in [-0.3, -0.25) is 0 Å². The van der Waals surface area contributed by atoms with E-state index in [1.54, 1.807) is 0 Å². The predicted octanol–water partition coefficient (Wildman–Crippen LogP) is 3.64. The molecule has 2 saturated heterocycles. The van der Waals surface area contributed by atoms with Crippen LogP contribution in [0.15, 0.2) is 36.5 Å². The second kappa shape index (κ2) is 5.01. The van der Waals surface area contributed by atoms with Crippen molar-refractivity contribution in [1.82, 2.24) is 9.47 Å². The summed E-state index contributed by atoms with van der Waals surface area (Å²) in [7, 11) is 2.19. The first-order chi connectivity index (χ1) is 11.6. The molecule has 1 atom stereocenters. The summed E-state index contributed by atoms with van der Waals surface area (Å²) < 4.78 is 8.75. The SMILES string of the molecule is CN1CCC2(CC1)CC1(CO2)Nc2cc(Cl)ccc2-n2cccc21. The Morgan fingerprint density at radius 2 is 2.04 bits per heavy atom. The van der Waals surface area contributed by atoms with Crippen molar-refractivity contribution in [1.29, 1.82) is 0 Å². The second-order valence-electron chi connectivity index (χ2n) is 7.58. The normalized spacial score (nSPS) is 27.9. The third-order valence-corrected chi connectivity index (χ3v) is 6.21. The molecular weight excluding hydrogens is 322 g/mol. The van der Waals surface area contributed by atoms with Gasteiger partial charge in [0.1, 0.15) is 5.54 Å². The van der Waals surface area contributed by atoms with Gasteiger partial charge in [0.15, 0.2) is 0 Å². The summed E-state index contributed by atoms with van der Waals surface area (Å²) in [6, 6.07) is 10.4. The predicted molar refractivity (Wildman–Crippen MR) is 96.1 cm³/mol. The van der Waals surface area contributed by atoms with Crippen LogP contribution in [0, 0.1) is 0 Å². The lowest BCUT2D eigenvalue weighted by molar-refractivity contribution is -0.0395. The minimum absolute atomic E-state index is 0.00465. The Balaban J connectivity index is 1.56. The monoisotopic (exact) mass is 343 g/mol. The van der Waals surface area contributed by atoms with E-state index in [-0.39, 0.29) is 11.1 Å². The van der Waals surface area contributed by atoms with Crippen molar-refractivity contribution < 1.29 is 4.74 Å². The number of nitrogens with one attached hydrogen (secondary N) is 1. The molecule has 0 aliphatic carbocycles. The number of fused-ring (bicyclic) bond motifs is 4. The van der Waals surface area contributed by atoms with Crippen molar-refractivity contribution in [2.45, 2.75) is 30.4 Å². The molecule has 0 bridgehead atoms. The molecule has 1 aromatic heterocycles. The van der Waals surface area contributed by atoms with Crippen LogP contribution in [-0.2, 0) is 10.3 Å². The minimum Gasteiger partial charge on any atom is -0.372 e. The Hall–Kier alpha value is -1.49. The average molecular weight is 344 g/mol. The van der Waals surface area contributed by atoms with Gasteiger partial charge in [0.25, 0.3) is 0 Å². The van der Waals surface area contributed by atoms with E-state index >= 15 is 0 Å². The maximum absolute atomic E-state index is 6.46. The molecule has 1 N–H and O–H groups in total. The summed E-state index contributed by atoms with van der Waals surface area (Å²) in [4.78, 5) is 2.39. The maximum atomic E-state index is 6.46. The maximum Gasteiger partial charge on any atom is 0.104 e. The third-order valence-electron chi connectivity index (χ3n) is 5.98. The molecular formula is C19H22ClN3O. The van der Waals surface area contributed by atoms with Crippen LogP contribution in [-0.4, -0.2) is 41.8 Å². The molecule has 0 radical (unpaired) electrons. The van der Waals surface area contributed by atoms with E-state index < -0.39 is 0 Å². The van der Waals surface area contributed by atoms with Crippen molar-refractivity contribution in [2.24, 2.45) is 0 Å². The molecule has 5 heteroatoms. The van der Waals surface area contributed by atoms with E-state index in [1.165, 1.54) is 5.69 Å². The summed E-state index contributed by atoms with van der Waals surface area (Å²) in [6.07, 6.45) is 5.38. The highest BCUT2D eigenvalue weighted by Crippen LogP contribution is 2.50. The fourth-order valence-electron chi connectivity index (χ4n) is 4.64. The van der Waals surface area contributed by atoms with Crippen molar-refractivity contribution in [3.05, 3.63) is 47.2 Å². The lowest BCUT2D eigenvalue weighted by Crippen LogP contribution is -2.45. The summed E-state index contributed by atoms with van der Waals surface area (Å²) >= 11 is 6.24. The largest absolute Gasteiger partial charge is 0.372 e. The molecule has 24 heavy (non-hydrogen) atoms. The van der Waals surface area contributed by atoms with E-state index in [0.29, 0.717) is 6.61 Å². The van der Waals surface area contributed by atoms with Crippen LogP contribution in [0.25, 0.3) is 5.69 Å². The first-order valence-electron chi connectivity index (χ1n) is 8.68. The molecule has 4 nitrogen and oxygen atoms in total. The molecule has 126 valence electrons. The first kappa shape index (κ1) is 14.8. The molecule has 0 saturated carbocycles. The summed E-state index contributed by atoms with van der Waals surface area (Å²) in [5.41, 5.74) is 3.41. The Morgan fingerprint density at radius 3 is 2.88 bits per heavy atom. The van der Waals surface area contributed by atoms with E-state index in [9.17, 15) is 0 Å². The molecule has 2 fully saturated rings. The van der Waals surface area contributed by atoms with Gasteiger partial charge in [0.2, 0.25) is 0 Å². The molecule has 3 aliphatic heterocycles. The van der Waals surface area contributed by atoms with Crippen molar-refractivity contribution in [3.63, 3.8) is 0 Å². The summed E-state index contributed by atoms with van der Waals surface area (Å²) in [6.45, 7) is 2.94. The molecule has 2 spiro atoms.